The zero-order valence-corrected chi connectivity index (χ0v) is 8.30. The van der Waals surface area contributed by atoms with Crippen LogP contribution in [0.3, 0.4) is 0 Å². The first kappa shape index (κ1) is 8.96. The van der Waals surface area contributed by atoms with Crippen LogP contribution in [0.25, 0.3) is 10.6 Å². The molecule has 2 aromatic rings. The number of hydrogen-bond donors (Lipinski definition) is 1. The highest BCUT2D eigenvalue weighted by Crippen LogP contribution is 2.21. The van der Waals surface area contributed by atoms with Gasteiger partial charge in [-0.15, -0.1) is 0 Å². The fourth-order valence-electron chi connectivity index (χ4n) is 1.09. The Hall–Kier alpha value is -1.62. The maximum Gasteiger partial charge on any atom is 0.322 e. The predicted octanol–water partition coefficient (Wildman–Crippen LogP) is 1.51. The molecule has 0 aliphatic carbocycles. The second-order valence-corrected chi connectivity index (χ2v) is 3.61. The highest BCUT2D eigenvalue weighted by Gasteiger charge is 2.02. The molecule has 72 valence electrons. The zero-order chi connectivity index (χ0) is 9.97. The summed E-state index contributed by atoms with van der Waals surface area (Å²) in [5.74, 6) is 0.789. The van der Waals surface area contributed by atoms with E-state index in [4.69, 9.17) is 4.74 Å². The minimum absolute atomic E-state index is 0.143. The van der Waals surface area contributed by atoms with E-state index in [1.54, 1.807) is 7.11 Å². The third kappa shape index (κ3) is 1.67. The van der Waals surface area contributed by atoms with Gasteiger partial charge < -0.3 is 4.74 Å². The Labute approximate surface area is 84.2 Å². The van der Waals surface area contributed by atoms with Gasteiger partial charge in [0.2, 0.25) is 0 Å². The Morgan fingerprint density at radius 3 is 2.57 bits per heavy atom. The van der Waals surface area contributed by atoms with Crippen molar-refractivity contribution in [2.75, 3.05) is 7.11 Å². The van der Waals surface area contributed by atoms with E-state index in [1.165, 1.54) is 0 Å². The van der Waals surface area contributed by atoms with E-state index >= 15 is 0 Å². The molecule has 0 aliphatic heterocycles. The SMILES string of the molecule is COc1ccc(-c2n[nH]c(=O)s2)cc1. The number of rotatable bonds is 2. The first-order valence-electron chi connectivity index (χ1n) is 3.99. The van der Waals surface area contributed by atoms with Gasteiger partial charge in [-0.3, -0.25) is 4.79 Å². The van der Waals surface area contributed by atoms with Gasteiger partial charge in [0.1, 0.15) is 10.8 Å². The molecule has 0 saturated carbocycles. The molecule has 2 rings (SSSR count). The summed E-state index contributed by atoms with van der Waals surface area (Å²) in [5.41, 5.74) is 0.911. The molecule has 1 aromatic heterocycles. The van der Waals surface area contributed by atoms with Crippen LogP contribution in [0.2, 0.25) is 0 Å². The van der Waals surface area contributed by atoms with E-state index in [9.17, 15) is 4.79 Å². The summed E-state index contributed by atoms with van der Waals surface area (Å²) in [5, 5.41) is 6.95. The number of nitrogens with one attached hydrogen (secondary N) is 1. The number of ether oxygens (including phenoxy) is 1. The van der Waals surface area contributed by atoms with Crippen molar-refractivity contribution in [1.82, 2.24) is 10.2 Å². The molecule has 5 heteroatoms. The Balaban J connectivity index is 2.38. The van der Waals surface area contributed by atoms with Crippen LogP contribution in [0.15, 0.2) is 29.1 Å². The Kier molecular flexibility index (Phi) is 2.32. The van der Waals surface area contributed by atoms with E-state index in [1.807, 2.05) is 24.3 Å². The smallest absolute Gasteiger partial charge is 0.322 e. The standard InChI is InChI=1S/C9H8N2O2S/c1-13-7-4-2-6(3-5-7)8-10-11-9(12)14-8/h2-5H,1H3,(H,11,12). The van der Waals surface area contributed by atoms with Gasteiger partial charge in [-0.2, -0.15) is 5.10 Å². The number of benzene rings is 1. The molecule has 0 amide bonds. The molecule has 0 radical (unpaired) electrons. The highest BCUT2D eigenvalue weighted by molar-refractivity contribution is 7.12. The molecule has 0 fully saturated rings. The summed E-state index contributed by atoms with van der Waals surface area (Å²) in [4.78, 5) is 10.7. The van der Waals surface area contributed by atoms with Crippen molar-refractivity contribution in [2.24, 2.45) is 0 Å². The molecule has 0 bridgehead atoms. The van der Waals surface area contributed by atoms with Crippen molar-refractivity contribution in [2.45, 2.75) is 0 Å². The molecule has 1 N–H and O–H groups in total. The van der Waals surface area contributed by atoms with Crippen LogP contribution in [0.4, 0.5) is 0 Å². The third-order valence-corrected chi connectivity index (χ3v) is 2.57. The van der Waals surface area contributed by atoms with Crippen LogP contribution in [0.5, 0.6) is 5.75 Å². The van der Waals surface area contributed by atoms with Crippen molar-refractivity contribution in [3.8, 4) is 16.3 Å². The van der Waals surface area contributed by atoms with Gasteiger partial charge in [-0.25, -0.2) is 5.10 Å². The molecule has 0 spiro atoms. The number of methoxy groups -OCH3 is 1. The fraction of sp³-hybridized carbons (Fsp3) is 0.111. The lowest BCUT2D eigenvalue weighted by Crippen LogP contribution is -1.90. The van der Waals surface area contributed by atoms with Gasteiger partial charge in [0.15, 0.2) is 0 Å². The van der Waals surface area contributed by atoms with Crippen molar-refractivity contribution >= 4 is 11.3 Å². The molecule has 1 heterocycles. The Bertz CT molecular complexity index is 472. The van der Waals surface area contributed by atoms with Gasteiger partial charge in [0.25, 0.3) is 0 Å². The summed E-state index contributed by atoms with van der Waals surface area (Å²) < 4.78 is 5.02. The molecule has 0 saturated heterocycles. The number of nitrogens with zero attached hydrogens (tertiary/aromatic N) is 1. The average molecular weight is 208 g/mol. The van der Waals surface area contributed by atoms with Gasteiger partial charge >= 0.3 is 4.87 Å². The van der Waals surface area contributed by atoms with Crippen molar-refractivity contribution in [1.29, 1.82) is 0 Å². The summed E-state index contributed by atoms with van der Waals surface area (Å²) in [6.45, 7) is 0. The van der Waals surface area contributed by atoms with Crippen molar-refractivity contribution < 1.29 is 4.74 Å². The average Bonchev–Trinajstić information content (AvgIpc) is 2.65. The second-order valence-electron chi connectivity index (χ2n) is 2.65. The normalized spacial score (nSPS) is 10.1. The van der Waals surface area contributed by atoms with E-state index in [2.05, 4.69) is 10.2 Å². The fourth-order valence-corrected chi connectivity index (χ4v) is 1.70. The molecular formula is C9H8N2O2S. The maximum absolute atomic E-state index is 10.9. The minimum Gasteiger partial charge on any atom is -0.497 e. The third-order valence-electron chi connectivity index (χ3n) is 1.78. The largest absolute Gasteiger partial charge is 0.497 e. The summed E-state index contributed by atoms with van der Waals surface area (Å²) >= 11 is 1.09. The molecule has 14 heavy (non-hydrogen) atoms. The highest BCUT2D eigenvalue weighted by atomic mass is 32.1. The second kappa shape index (κ2) is 3.63. The first-order valence-corrected chi connectivity index (χ1v) is 4.81. The van der Waals surface area contributed by atoms with Gasteiger partial charge in [-0.1, -0.05) is 11.3 Å². The Morgan fingerprint density at radius 1 is 1.36 bits per heavy atom. The minimum atomic E-state index is -0.143. The topological polar surface area (TPSA) is 55.0 Å². The molecule has 0 unspecified atom stereocenters. The van der Waals surface area contributed by atoms with Gasteiger partial charge in [0, 0.05) is 5.56 Å². The zero-order valence-electron chi connectivity index (χ0n) is 7.48. The number of H-pyrrole nitrogens is 1. The molecular weight excluding hydrogens is 200 g/mol. The van der Waals surface area contributed by atoms with Crippen LogP contribution in [-0.4, -0.2) is 17.3 Å². The quantitative estimate of drug-likeness (QED) is 0.813. The lowest BCUT2D eigenvalue weighted by molar-refractivity contribution is 0.415. The van der Waals surface area contributed by atoms with E-state index in [0.29, 0.717) is 5.01 Å². The van der Waals surface area contributed by atoms with Crippen LogP contribution >= 0.6 is 11.3 Å². The maximum atomic E-state index is 10.9. The lowest BCUT2D eigenvalue weighted by atomic mass is 10.2. The molecule has 4 nitrogen and oxygen atoms in total. The molecule has 0 atom stereocenters. The van der Waals surface area contributed by atoms with Gasteiger partial charge in [0.05, 0.1) is 7.11 Å². The van der Waals surface area contributed by atoms with Gasteiger partial charge in [-0.05, 0) is 24.3 Å². The monoisotopic (exact) mass is 208 g/mol. The van der Waals surface area contributed by atoms with Crippen LogP contribution in [0.1, 0.15) is 0 Å². The molecule has 1 aromatic carbocycles. The van der Waals surface area contributed by atoms with Crippen LogP contribution < -0.4 is 9.61 Å². The van der Waals surface area contributed by atoms with Crippen molar-refractivity contribution in [3.63, 3.8) is 0 Å². The van der Waals surface area contributed by atoms with Crippen molar-refractivity contribution in [3.05, 3.63) is 33.9 Å². The summed E-state index contributed by atoms with van der Waals surface area (Å²) in [6.07, 6.45) is 0. The molecule has 0 aliphatic rings. The van der Waals surface area contributed by atoms with Crippen LogP contribution in [-0.2, 0) is 0 Å². The predicted molar refractivity (Wildman–Crippen MR) is 54.7 cm³/mol. The number of hydrogen-bond acceptors (Lipinski definition) is 4. The number of aromatic amines is 1. The lowest BCUT2D eigenvalue weighted by Gasteiger charge is -1.99. The summed E-state index contributed by atoms with van der Waals surface area (Å²) in [7, 11) is 1.61. The Morgan fingerprint density at radius 2 is 2.07 bits per heavy atom. The summed E-state index contributed by atoms with van der Waals surface area (Å²) in [6, 6.07) is 7.40. The first-order chi connectivity index (χ1) is 6.79. The number of aromatic nitrogens is 2. The van der Waals surface area contributed by atoms with E-state index in [-0.39, 0.29) is 4.87 Å². The van der Waals surface area contributed by atoms with E-state index in [0.717, 1.165) is 22.6 Å². The van der Waals surface area contributed by atoms with Crippen LogP contribution in [0, 0.1) is 0 Å². The van der Waals surface area contributed by atoms with E-state index < -0.39 is 0 Å².